The van der Waals surface area contributed by atoms with Gasteiger partial charge in [0.2, 0.25) is 11.8 Å². The second kappa shape index (κ2) is 13.7. The van der Waals surface area contributed by atoms with Gasteiger partial charge in [-0.3, -0.25) is 24.4 Å². The van der Waals surface area contributed by atoms with Crippen LogP contribution in [0.25, 0.3) is 10.9 Å². The normalized spacial score (nSPS) is 20.7. The molecule has 10 nitrogen and oxygen atoms in total. The first-order valence-electron chi connectivity index (χ1n) is 15.9. The lowest BCUT2D eigenvalue weighted by Gasteiger charge is -2.27. The zero-order chi connectivity index (χ0) is 34.0. The summed E-state index contributed by atoms with van der Waals surface area (Å²) < 4.78 is 52.7. The van der Waals surface area contributed by atoms with Crippen molar-refractivity contribution >= 4 is 34.1 Å². The Morgan fingerprint density at radius 2 is 1.67 bits per heavy atom. The Balaban J connectivity index is 1.25. The lowest BCUT2D eigenvalue weighted by Crippen LogP contribution is -2.43. The van der Waals surface area contributed by atoms with Crippen molar-refractivity contribution in [3.8, 4) is 23.0 Å². The van der Waals surface area contributed by atoms with Crippen LogP contribution in [-0.4, -0.2) is 68.3 Å². The molecule has 3 aromatic carbocycles. The van der Waals surface area contributed by atoms with Crippen LogP contribution in [0.15, 0.2) is 66.9 Å². The Bertz CT molecular complexity index is 1810. The van der Waals surface area contributed by atoms with E-state index < -0.39 is 28.9 Å². The minimum Gasteiger partial charge on any atom is -0.493 e. The molecular weight excluding hydrogens is 622 g/mol. The number of morpholine rings is 1. The first kappa shape index (κ1) is 33.1. The number of rotatable bonds is 12. The van der Waals surface area contributed by atoms with Gasteiger partial charge in [-0.2, -0.15) is 0 Å². The number of ether oxygens (including phenoxy) is 4. The zero-order valence-electron chi connectivity index (χ0n) is 27.1. The molecule has 2 N–H and O–H groups in total. The summed E-state index contributed by atoms with van der Waals surface area (Å²) in [5.74, 6) is -2.08. The van der Waals surface area contributed by atoms with E-state index >= 15 is 4.39 Å². The van der Waals surface area contributed by atoms with Crippen molar-refractivity contribution < 1.29 is 37.3 Å². The van der Waals surface area contributed by atoms with Crippen LogP contribution in [-0.2, 0) is 14.3 Å². The average molecular weight is 661 g/mol. The molecule has 1 aromatic heterocycles. The number of methoxy groups -OCH3 is 1. The Hall–Kier alpha value is -4.81. The number of anilines is 2. The van der Waals surface area contributed by atoms with Crippen LogP contribution in [0.2, 0.25) is 0 Å². The van der Waals surface area contributed by atoms with Crippen molar-refractivity contribution in [2.75, 3.05) is 51.5 Å². The van der Waals surface area contributed by atoms with Gasteiger partial charge in [-0.15, -0.1) is 0 Å². The Labute approximate surface area is 277 Å². The molecule has 2 heterocycles. The molecule has 4 aromatic rings. The van der Waals surface area contributed by atoms with Gasteiger partial charge in [-0.25, -0.2) is 8.78 Å². The summed E-state index contributed by atoms with van der Waals surface area (Å²) in [6.45, 7) is 8.24. The van der Waals surface area contributed by atoms with E-state index in [0.29, 0.717) is 34.8 Å². The molecule has 1 saturated heterocycles. The summed E-state index contributed by atoms with van der Waals surface area (Å²) >= 11 is 0. The van der Waals surface area contributed by atoms with Gasteiger partial charge in [0.1, 0.15) is 17.0 Å². The zero-order valence-corrected chi connectivity index (χ0v) is 27.1. The van der Waals surface area contributed by atoms with E-state index in [0.717, 1.165) is 45.3 Å². The van der Waals surface area contributed by atoms with Gasteiger partial charge in [0.05, 0.1) is 38.1 Å². The largest absolute Gasteiger partial charge is 0.493 e. The van der Waals surface area contributed by atoms with Crippen molar-refractivity contribution in [1.29, 1.82) is 0 Å². The third-order valence-electron chi connectivity index (χ3n) is 9.49. The third kappa shape index (κ3) is 6.25. The molecular formula is C36H38F2N4O6. The number of nitrogens with two attached hydrogens (primary N) is 1. The monoisotopic (exact) mass is 660 g/mol. The van der Waals surface area contributed by atoms with Gasteiger partial charge in [0.25, 0.3) is 0 Å². The molecule has 3 atom stereocenters. The van der Waals surface area contributed by atoms with Crippen LogP contribution in [0.5, 0.6) is 23.0 Å². The van der Waals surface area contributed by atoms with Crippen molar-refractivity contribution in [2.24, 2.45) is 23.0 Å². The first-order chi connectivity index (χ1) is 23.1. The highest BCUT2D eigenvalue weighted by atomic mass is 19.1. The van der Waals surface area contributed by atoms with Crippen molar-refractivity contribution in [3.63, 3.8) is 0 Å². The van der Waals surface area contributed by atoms with Gasteiger partial charge < -0.3 is 24.7 Å². The number of carbonyl (C=O) groups excluding carboxylic acids is 2. The molecule has 12 heteroatoms. The molecule has 0 unspecified atom stereocenters. The SMILES string of the molecule is COc1cc2c(Oc3ccc(N(C(=O)[C@@]4(C(N)=O)[C@H](C)[C@@H]4C)c4ccc(F)cc4)cc3F)ccnc2cc1OCCCN1CCOCC1. The maximum atomic E-state index is 15.8. The Morgan fingerprint density at radius 3 is 2.31 bits per heavy atom. The molecule has 2 amide bonds. The van der Waals surface area contributed by atoms with E-state index in [4.69, 9.17) is 24.7 Å². The number of primary amides is 1. The second-order valence-electron chi connectivity index (χ2n) is 12.1. The highest BCUT2D eigenvalue weighted by Crippen LogP contribution is 2.60. The molecule has 1 aliphatic carbocycles. The molecule has 2 fully saturated rings. The quantitative estimate of drug-likeness (QED) is 0.149. The molecule has 48 heavy (non-hydrogen) atoms. The highest BCUT2D eigenvalue weighted by molar-refractivity contribution is 6.17. The van der Waals surface area contributed by atoms with E-state index in [1.807, 2.05) is 0 Å². The van der Waals surface area contributed by atoms with Gasteiger partial charge in [-0.1, -0.05) is 13.8 Å². The molecule has 1 saturated carbocycles. The number of benzene rings is 3. The maximum absolute atomic E-state index is 15.8. The van der Waals surface area contributed by atoms with E-state index in [1.165, 1.54) is 48.4 Å². The summed E-state index contributed by atoms with van der Waals surface area (Å²) in [5.41, 5.74) is 5.21. The van der Waals surface area contributed by atoms with Crippen LogP contribution in [0.1, 0.15) is 20.3 Å². The lowest BCUT2D eigenvalue weighted by molar-refractivity contribution is -0.134. The summed E-state index contributed by atoms with van der Waals surface area (Å²) in [6.07, 6.45) is 2.38. The van der Waals surface area contributed by atoms with Crippen LogP contribution >= 0.6 is 0 Å². The fraction of sp³-hybridized carbons (Fsp3) is 0.361. The molecule has 0 radical (unpaired) electrons. The van der Waals surface area contributed by atoms with Gasteiger partial charge >= 0.3 is 0 Å². The summed E-state index contributed by atoms with van der Waals surface area (Å²) in [6, 6.07) is 14.3. The highest BCUT2D eigenvalue weighted by Gasteiger charge is 2.70. The van der Waals surface area contributed by atoms with Crippen molar-refractivity contribution in [3.05, 3.63) is 78.5 Å². The summed E-state index contributed by atoms with van der Waals surface area (Å²) in [5, 5.41) is 0.571. The Kier molecular flexibility index (Phi) is 9.47. The molecule has 1 aliphatic heterocycles. The van der Waals surface area contributed by atoms with E-state index in [1.54, 1.807) is 38.2 Å². The topological polar surface area (TPSA) is 116 Å². The fourth-order valence-corrected chi connectivity index (χ4v) is 6.49. The number of halogens is 2. The Morgan fingerprint density at radius 1 is 0.958 bits per heavy atom. The second-order valence-corrected chi connectivity index (χ2v) is 12.1. The number of pyridine rings is 1. The van der Waals surface area contributed by atoms with Gasteiger partial charge in [0, 0.05) is 49.0 Å². The molecule has 0 bridgehead atoms. The number of fused-ring (bicyclic) bond motifs is 1. The summed E-state index contributed by atoms with van der Waals surface area (Å²) in [7, 11) is 1.54. The van der Waals surface area contributed by atoms with Crippen molar-refractivity contribution in [2.45, 2.75) is 20.3 Å². The number of carbonyl (C=O) groups is 2. The molecule has 2 aliphatic rings. The van der Waals surface area contributed by atoms with Gasteiger partial charge in [0.15, 0.2) is 23.1 Å². The van der Waals surface area contributed by atoms with E-state index in [-0.39, 0.29) is 29.0 Å². The van der Waals surface area contributed by atoms with Crippen LogP contribution in [0, 0.1) is 28.9 Å². The average Bonchev–Trinajstić information content (AvgIpc) is 3.65. The number of amides is 2. The standard InChI is InChI=1S/C36H38F2N4O6/c1-22-23(2)36(22,34(39)43)35(44)42(25-7-5-24(37)6-8-25)26-9-10-31(28(38)19-26)48-30-11-12-40-29-21-33(32(45-3)20-27(29)30)47-16-4-13-41-14-17-46-18-15-41/h5-12,19-23H,4,13-18H2,1-3H3,(H2,39,43)/t22-,23+,36+. The number of hydrogen-bond acceptors (Lipinski definition) is 8. The molecule has 6 rings (SSSR count). The summed E-state index contributed by atoms with van der Waals surface area (Å²) in [4.78, 5) is 34.6. The molecule has 252 valence electrons. The lowest BCUT2D eigenvalue weighted by atomic mass is 9.98. The van der Waals surface area contributed by atoms with Crippen LogP contribution < -0.4 is 24.8 Å². The predicted molar refractivity (Wildman–Crippen MR) is 176 cm³/mol. The van der Waals surface area contributed by atoms with Crippen molar-refractivity contribution in [1.82, 2.24) is 9.88 Å². The maximum Gasteiger partial charge on any atom is 0.247 e. The smallest absolute Gasteiger partial charge is 0.247 e. The number of hydrogen-bond donors (Lipinski definition) is 1. The first-order valence-corrected chi connectivity index (χ1v) is 15.9. The van der Waals surface area contributed by atoms with E-state index in [2.05, 4.69) is 9.88 Å². The van der Waals surface area contributed by atoms with Gasteiger partial charge in [-0.05, 0) is 66.8 Å². The minimum atomic E-state index is -1.47. The third-order valence-corrected chi connectivity index (χ3v) is 9.49. The fourth-order valence-electron chi connectivity index (χ4n) is 6.49. The van der Waals surface area contributed by atoms with E-state index in [9.17, 15) is 14.0 Å². The van der Waals surface area contributed by atoms with Crippen LogP contribution in [0.3, 0.4) is 0 Å². The number of aromatic nitrogens is 1. The minimum absolute atomic E-state index is 0.113. The molecule has 0 spiro atoms. The number of nitrogens with zero attached hydrogens (tertiary/aromatic N) is 3. The predicted octanol–water partition coefficient (Wildman–Crippen LogP) is 5.84. The van der Waals surface area contributed by atoms with Crippen LogP contribution in [0.4, 0.5) is 20.2 Å².